The molecule has 4 heteroatoms. The van der Waals surface area contributed by atoms with Crippen LogP contribution in [-0.4, -0.2) is 21.9 Å². The highest BCUT2D eigenvalue weighted by Crippen LogP contribution is 2.20. The highest BCUT2D eigenvalue weighted by Gasteiger charge is 2.13. The van der Waals surface area contributed by atoms with Crippen LogP contribution in [0.2, 0.25) is 0 Å². The van der Waals surface area contributed by atoms with Gasteiger partial charge in [0, 0.05) is 18.1 Å². The Hall–Kier alpha value is -1.55. The second kappa shape index (κ2) is 6.75. The van der Waals surface area contributed by atoms with Crippen molar-refractivity contribution in [2.75, 3.05) is 5.75 Å². The van der Waals surface area contributed by atoms with Gasteiger partial charge in [-0.15, -0.1) is 11.8 Å². The minimum Gasteiger partial charge on any atom is -0.351 e. The number of thioether (sulfide) groups is 1. The number of fused-ring (bicyclic) bond motifs is 1. The monoisotopic (exact) mass is 288 g/mol. The second-order valence-corrected chi connectivity index (χ2v) is 6.36. The zero-order chi connectivity index (χ0) is 14.5. The van der Waals surface area contributed by atoms with Crippen LogP contribution < -0.4 is 5.32 Å². The van der Waals surface area contributed by atoms with Gasteiger partial charge in [-0.2, -0.15) is 0 Å². The first-order chi connectivity index (χ1) is 9.63. The summed E-state index contributed by atoms with van der Waals surface area (Å²) in [7, 11) is 0. The van der Waals surface area contributed by atoms with Gasteiger partial charge in [-0.3, -0.25) is 9.78 Å². The molecule has 0 saturated carbocycles. The quantitative estimate of drug-likeness (QED) is 0.918. The lowest BCUT2D eigenvalue weighted by Crippen LogP contribution is -2.30. The van der Waals surface area contributed by atoms with Crippen LogP contribution in [0.15, 0.2) is 30.5 Å². The predicted molar refractivity (Wildman–Crippen MR) is 85.9 cm³/mol. The van der Waals surface area contributed by atoms with Crippen molar-refractivity contribution < 1.29 is 4.79 Å². The summed E-state index contributed by atoms with van der Waals surface area (Å²) in [6, 6.07) is 8.07. The zero-order valence-corrected chi connectivity index (χ0v) is 13.0. The van der Waals surface area contributed by atoms with Crippen LogP contribution in [0.4, 0.5) is 0 Å². The first kappa shape index (κ1) is 14.9. The molecule has 3 nitrogen and oxygen atoms in total. The Morgan fingerprint density at radius 3 is 2.95 bits per heavy atom. The van der Waals surface area contributed by atoms with E-state index < -0.39 is 0 Å². The van der Waals surface area contributed by atoms with Crippen molar-refractivity contribution in [1.82, 2.24) is 10.3 Å². The summed E-state index contributed by atoms with van der Waals surface area (Å²) in [5.74, 6) is 1.04. The fourth-order valence-corrected chi connectivity index (χ4v) is 2.94. The van der Waals surface area contributed by atoms with E-state index >= 15 is 0 Å². The van der Waals surface area contributed by atoms with Crippen molar-refractivity contribution in [3.8, 4) is 0 Å². The number of rotatable bonds is 5. The van der Waals surface area contributed by atoms with Crippen LogP contribution in [0.3, 0.4) is 0 Å². The number of nitrogens with zero attached hydrogens (tertiary/aromatic N) is 1. The number of aromatic nitrogens is 1. The number of amides is 1. The van der Waals surface area contributed by atoms with E-state index in [1.807, 2.05) is 19.1 Å². The third-order valence-corrected chi connectivity index (χ3v) is 4.40. The molecule has 1 N–H and O–H groups in total. The van der Waals surface area contributed by atoms with Crippen LogP contribution in [0.25, 0.3) is 10.9 Å². The van der Waals surface area contributed by atoms with Crippen LogP contribution in [0.5, 0.6) is 0 Å². The molecular weight excluding hydrogens is 268 g/mol. The predicted octanol–water partition coefficient (Wildman–Crippen LogP) is 3.30. The van der Waals surface area contributed by atoms with Crippen molar-refractivity contribution in [1.29, 1.82) is 0 Å². The molecule has 1 heterocycles. The topological polar surface area (TPSA) is 42.0 Å². The number of aryl methyl sites for hydroxylation is 1. The summed E-state index contributed by atoms with van der Waals surface area (Å²) < 4.78 is 0. The Morgan fingerprint density at radius 2 is 2.20 bits per heavy atom. The lowest BCUT2D eigenvalue weighted by molar-refractivity contribution is -0.120. The highest BCUT2D eigenvalue weighted by atomic mass is 32.2. The molecule has 1 aromatic carbocycles. The third-order valence-electron chi connectivity index (χ3n) is 3.36. The van der Waals surface area contributed by atoms with E-state index in [9.17, 15) is 4.79 Å². The summed E-state index contributed by atoms with van der Waals surface area (Å²) >= 11 is 1.66. The molecule has 1 atom stereocenters. The van der Waals surface area contributed by atoms with Gasteiger partial charge in [0.25, 0.3) is 0 Å². The van der Waals surface area contributed by atoms with E-state index in [0.29, 0.717) is 6.54 Å². The van der Waals surface area contributed by atoms with E-state index in [4.69, 9.17) is 0 Å². The Kier molecular flexibility index (Phi) is 5.01. The van der Waals surface area contributed by atoms with Crippen molar-refractivity contribution in [2.24, 2.45) is 0 Å². The molecule has 1 aromatic heterocycles. The lowest BCUT2D eigenvalue weighted by atomic mass is 10.0. The molecule has 2 rings (SSSR count). The van der Waals surface area contributed by atoms with E-state index in [-0.39, 0.29) is 11.2 Å². The van der Waals surface area contributed by atoms with Gasteiger partial charge < -0.3 is 5.32 Å². The molecule has 0 aliphatic rings. The Morgan fingerprint density at radius 1 is 1.40 bits per heavy atom. The normalized spacial score (nSPS) is 12.3. The summed E-state index contributed by atoms with van der Waals surface area (Å²) in [6.45, 7) is 6.64. The lowest BCUT2D eigenvalue weighted by Gasteiger charge is -2.14. The smallest absolute Gasteiger partial charge is 0.233 e. The maximum Gasteiger partial charge on any atom is 0.233 e. The molecule has 20 heavy (non-hydrogen) atoms. The molecule has 0 spiro atoms. The Bertz CT molecular complexity index is 612. The van der Waals surface area contributed by atoms with Crippen molar-refractivity contribution in [2.45, 2.75) is 32.6 Å². The molecule has 1 unspecified atom stereocenters. The molecule has 106 valence electrons. The van der Waals surface area contributed by atoms with E-state index in [0.717, 1.165) is 22.2 Å². The SMILES string of the molecule is CCSC(C)C(=O)NCc1c(C)ccc2ncccc12. The minimum atomic E-state index is -0.00610. The molecule has 0 saturated heterocycles. The van der Waals surface area contributed by atoms with Crippen molar-refractivity contribution in [3.63, 3.8) is 0 Å². The largest absolute Gasteiger partial charge is 0.351 e. The number of carbonyl (C=O) groups excluding carboxylic acids is 1. The number of hydrogen-bond donors (Lipinski definition) is 1. The zero-order valence-electron chi connectivity index (χ0n) is 12.1. The van der Waals surface area contributed by atoms with Gasteiger partial charge in [0.1, 0.15) is 0 Å². The summed E-state index contributed by atoms with van der Waals surface area (Å²) in [4.78, 5) is 16.4. The number of benzene rings is 1. The Balaban J connectivity index is 2.17. The summed E-state index contributed by atoms with van der Waals surface area (Å²) in [5.41, 5.74) is 3.30. The number of nitrogens with one attached hydrogen (secondary N) is 1. The maximum atomic E-state index is 12.0. The highest BCUT2D eigenvalue weighted by molar-refractivity contribution is 8.00. The molecular formula is C16H20N2OS. The first-order valence-corrected chi connectivity index (χ1v) is 7.91. The summed E-state index contributed by atoms with van der Waals surface area (Å²) in [5, 5.41) is 4.14. The molecule has 1 amide bonds. The van der Waals surface area contributed by atoms with Gasteiger partial charge in [-0.05, 0) is 42.9 Å². The van der Waals surface area contributed by atoms with Gasteiger partial charge in [0.15, 0.2) is 0 Å². The molecule has 0 fully saturated rings. The van der Waals surface area contributed by atoms with Gasteiger partial charge >= 0.3 is 0 Å². The van der Waals surface area contributed by atoms with Crippen LogP contribution in [0, 0.1) is 6.92 Å². The second-order valence-electron chi connectivity index (χ2n) is 4.75. The fourth-order valence-electron chi connectivity index (χ4n) is 2.20. The van der Waals surface area contributed by atoms with Crippen molar-refractivity contribution >= 4 is 28.6 Å². The fraction of sp³-hybridized carbons (Fsp3) is 0.375. The van der Waals surface area contributed by atoms with Gasteiger partial charge in [-0.1, -0.05) is 19.1 Å². The average molecular weight is 288 g/mol. The van der Waals surface area contributed by atoms with E-state index in [1.165, 1.54) is 5.56 Å². The third kappa shape index (κ3) is 3.31. The standard InChI is InChI=1S/C16H20N2OS/c1-4-20-12(3)16(19)18-10-14-11(2)7-8-15-13(14)6-5-9-17-15/h5-9,12H,4,10H2,1-3H3,(H,18,19). The first-order valence-electron chi connectivity index (χ1n) is 6.86. The molecule has 0 radical (unpaired) electrons. The molecule has 0 aliphatic heterocycles. The van der Waals surface area contributed by atoms with Crippen LogP contribution >= 0.6 is 11.8 Å². The van der Waals surface area contributed by atoms with Crippen molar-refractivity contribution in [3.05, 3.63) is 41.6 Å². The number of pyridine rings is 1. The number of hydrogen-bond acceptors (Lipinski definition) is 3. The molecule has 0 aliphatic carbocycles. The van der Waals surface area contributed by atoms with Gasteiger partial charge in [0.05, 0.1) is 10.8 Å². The van der Waals surface area contributed by atoms with Crippen LogP contribution in [0.1, 0.15) is 25.0 Å². The van der Waals surface area contributed by atoms with Crippen LogP contribution in [-0.2, 0) is 11.3 Å². The molecule has 0 bridgehead atoms. The average Bonchev–Trinajstić information content (AvgIpc) is 2.46. The summed E-state index contributed by atoms with van der Waals surface area (Å²) in [6.07, 6.45) is 1.79. The molecule has 2 aromatic rings. The van der Waals surface area contributed by atoms with Gasteiger partial charge in [0.2, 0.25) is 5.91 Å². The minimum absolute atomic E-state index is 0.00610. The van der Waals surface area contributed by atoms with E-state index in [1.54, 1.807) is 18.0 Å². The number of carbonyl (C=O) groups is 1. The van der Waals surface area contributed by atoms with E-state index in [2.05, 4.69) is 36.3 Å². The van der Waals surface area contributed by atoms with Gasteiger partial charge in [-0.25, -0.2) is 0 Å². The maximum absolute atomic E-state index is 12.0. The Labute approximate surface area is 124 Å².